The number of likely N-dealkylation sites (N-methyl/N-ethyl adjacent to an activating group) is 1. The zero-order valence-corrected chi connectivity index (χ0v) is 18.5. The van der Waals surface area contributed by atoms with Crippen LogP contribution in [0.25, 0.3) is 11.1 Å². The second kappa shape index (κ2) is 7.46. The number of nitriles is 1. The van der Waals surface area contributed by atoms with Gasteiger partial charge in [-0.3, -0.25) is 20.1 Å². The van der Waals surface area contributed by atoms with Crippen molar-refractivity contribution in [3.05, 3.63) is 69.7 Å². The minimum atomic E-state index is -0.808. The summed E-state index contributed by atoms with van der Waals surface area (Å²) < 4.78 is 5.64. The number of nitrogens with zero attached hydrogens (tertiary/aromatic N) is 3. The molecule has 3 aromatic rings. The molecule has 2 aliphatic heterocycles. The molecular formula is C24H21N5O2S. The summed E-state index contributed by atoms with van der Waals surface area (Å²) in [6.07, 6.45) is 4.08. The molecule has 1 saturated heterocycles. The summed E-state index contributed by atoms with van der Waals surface area (Å²) in [6.45, 7) is 2.63. The summed E-state index contributed by atoms with van der Waals surface area (Å²) in [7, 11) is 1.62. The molecule has 1 aromatic carbocycles. The Morgan fingerprint density at radius 2 is 2.16 bits per heavy atom. The van der Waals surface area contributed by atoms with Gasteiger partial charge in [-0.15, -0.1) is 11.3 Å². The first-order valence-corrected chi connectivity index (χ1v) is 11.1. The third-order valence-electron chi connectivity index (χ3n) is 6.23. The summed E-state index contributed by atoms with van der Waals surface area (Å²) in [4.78, 5) is 19.9. The minimum Gasteiger partial charge on any atom is -0.493 e. The maximum atomic E-state index is 13.5. The van der Waals surface area contributed by atoms with E-state index in [1.807, 2.05) is 30.5 Å². The molecule has 7 nitrogen and oxygen atoms in total. The maximum absolute atomic E-state index is 13.5. The first-order valence-electron chi connectivity index (χ1n) is 10.2. The van der Waals surface area contributed by atoms with Crippen molar-refractivity contribution in [1.29, 1.82) is 10.7 Å². The van der Waals surface area contributed by atoms with Gasteiger partial charge in [0, 0.05) is 36.3 Å². The number of nitrogens with one attached hydrogen (secondary N) is 2. The lowest BCUT2D eigenvalue weighted by Crippen LogP contribution is -2.62. The highest BCUT2D eigenvalue weighted by Gasteiger charge is 2.49. The third-order valence-corrected chi connectivity index (χ3v) is 7.39. The maximum Gasteiger partial charge on any atom is 0.239 e. The molecule has 2 aromatic heterocycles. The molecule has 2 aliphatic rings. The van der Waals surface area contributed by atoms with Gasteiger partial charge in [-0.05, 0) is 47.2 Å². The monoisotopic (exact) mass is 443 g/mol. The molecule has 32 heavy (non-hydrogen) atoms. The quantitative estimate of drug-likeness (QED) is 0.644. The van der Waals surface area contributed by atoms with Crippen LogP contribution in [0.1, 0.15) is 34.4 Å². The van der Waals surface area contributed by atoms with E-state index in [9.17, 15) is 10.1 Å². The fraction of sp³-hybridized carbons (Fsp3) is 0.250. The lowest BCUT2D eigenvalue weighted by molar-refractivity contribution is -0.131. The van der Waals surface area contributed by atoms with Gasteiger partial charge in [-0.1, -0.05) is 12.1 Å². The van der Waals surface area contributed by atoms with Crippen LogP contribution in [-0.2, 0) is 16.8 Å². The zero-order chi connectivity index (χ0) is 22.5. The smallest absolute Gasteiger partial charge is 0.239 e. The molecule has 0 bridgehead atoms. The Hall–Kier alpha value is -3.70. The lowest BCUT2D eigenvalue weighted by Gasteiger charge is -2.45. The molecule has 0 aliphatic carbocycles. The van der Waals surface area contributed by atoms with Crippen molar-refractivity contribution in [3.8, 4) is 22.9 Å². The van der Waals surface area contributed by atoms with Crippen molar-refractivity contribution in [3.63, 3.8) is 0 Å². The van der Waals surface area contributed by atoms with Crippen molar-refractivity contribution in [1.82, 2.24) is 15.2 Å². The number of guanidine groups is 1. The van der Waals surface area contributed by atoms with Crippen molar-refractivity contribution >= 4 is 23.2 Å². The van der Waals surface area contributed by atoms with E-state index in [-0.39, 0.29) is 11.9 Å². The van der Waals surface area contributed by atoms with Crippen LogP contribution in [0.4, 0.5) is 0 Å². The number of thiophene rings is 1. The molecule has 1 amide bonds. The van der Waals surface area contributed by atoms with Gasteiger partial charge in [0.15, 0.2) is 5.96 Å². The van der Waals surface area contributed by atoms with Crippen LogP contribution in [0.5, 0.6) is 5.75 Å². The van der Waals surface area contributed by atoms with Crippen LogP contribution < -0.4 is 10.1 Å². The Morgan fingerprint density at radius 3 is 2.97 bits per heavy atom. The molecule has 1 unspecified atom stereocenters. The van der Waals surface area contributed by atoms with Gasteiger partial charge < -0.3 is 10.1 Å². The predicted octanol–water partition coefficient (Wildman–Crippen LogP) is 3.61. The number of aromatic nitrogens is 1. The second-order valence-electron chi connectivity index (χ2n) is 8.25. The van der Waals surface area contributed by atoms with E-state index in [1.165, 1.54) is 22.4 Å². The Labute approximate surface area is 189 Å². The molecule has 0 saturated carbocycles. The number of amides is 1. The molecule has 2 N–H and O–H groups in total. The number of hydrogen-bond donors (Lipinski definition) is 2. The highest BCUT2D eigenvalue weighted by Crippen LogP contribution is 2.45. The topological polar surface area (TPSA) is 102 Å². The van der Waals surface area contributed by atoms with Crippen molar-refractivity contribution < 1.29 is 9.53 Å². The van der Waals surface area contributed by atoms with Gasteiger partial charge in [-0.25, -0.2) is 0 Å². The van der Waals surface area contributed by atoms with Gasteiger partial charge >= 0.3 is 0 Å². The normalized spacial score (nSPS) is 22.2. The molecule has 1 fully saturated rings. The van der Waals surface area contributed by atoms with Crippen LogP contribution in [0.3, 0.4) is 0 Å². The summed E-state index contributed by atoms with van der Waals surface area (Å²) in [6, 6.07) is 11.9. The van der Waals surface area contributed by atoms with Crippen LogP contribution in [0.2, 0.25) is 0 Å². The van der Waals surface area contributed by atoms with Crippen molar-refractivity contribution in [2.75, 3.05) is 13.7 Å². The number of pyridine rings is 1. The van der Waals surface area contributed by atoms with Gasteiger partial charge in [0.1, 0.15) is 11.8 Å². The molecule has 0 spiro atoms. The lowest BCUT2D eigenvalue weighted by atomic mass is 9.76. The second-order valence-corrected chi connectivity index (χ2v) is 9.16. The third kappa shape index (κ3) is 3.13. The first-order chi connectivity index (χ1) is 15.4. The Bertz CT molecular complexity index is 1290. The molecule has 0 radical (unpaired) electrons. The van der Waals surface area contributed by atoms with E-state index in [0.29, 0.717) is 12.2 Å². The summed E-state index contributed by atoms with van der Waals surface area (Å²) in [5.41, 5.74) is 3.46. The van der Waals surface area contributed by atoms with Gasteiger partial charge in [-0.2, -0.15) is 5.26 Å². The largest absolute Gasteiger partial charge is 0.493 e. The van der Waals surface area contributed by atoms with E-state index >= 15 is 0 Å². The number of rotatable bonds is 3. The number of benzene rings is 1. The van der Waals surface area contributed by atoms with Crippen LogP contribution >= 0.6 is 11.3 Å². The molecule has 5 rings (SSSR count). The molecule has 4 heterocycles. The minimum absolute atomic E-state index is 0.0707. The number of fused-ring (bicyclic) bond motifs is 1. The Balaban J connectivity index is 1.60. The van der Waals surface area contributed by atoms with Crippen LogP contribution in [0.15, 0.2) is 48.1 Å². The van der Waals surface area contributed by atoms with Gasteiger partial charge in [0.2, 0.25) is 5.91 Å². The first kappa shape index (κ1) is 20.2. The van der Waals surface area contributed by atoms with E-state index in [4.69, 9.17) is 10.1 Å². The summed E-state index contributed by atoms with van der Waals surface area (Å²) in [5, 5.41) is 22.9. The predicted molar refractivity (Wildman–Crippen MR) is 122 cm³/mol. The van der Waals surface area contributed by atoms with Crippen LogP contribution in [0, 0.1) is 16.7 Å². The average Bonchev–Trinajstić information content (AvgIpc) is 3.47. The van der Waals surface area contributed by atoms with E-state index in [0.717, 1.165) is 39.3 Å². The number of hydrogen-bond acceptors (Lipinski definition) is 6. The summed E-state index contributed by atoms with van der Waals surface area (Å²) in [5.74, 6) is 0.304. The van der Waals surface area contributed by atoms with E-state index < -0.39 is 11.5 Å². The highest BCUT2D eigenvalue weighted by molar-refractivity contribution is 7.10. The number of carbonyl (C=O) groups excluding carboxylic acids is 1. The standard InChI is InChI=1S/C24H21N5O2S/c1-24(20-9-18(13-32-20)17-7-14(10-25)11-27-12-17)21(22(30)29(2)23(26)28-24)16-3-4-19-15(8-16)5-6-31-19/h3-4,7-9,11-13,21H,5-6H2,1-2H3,(H2,26,28)/t21?,24-/m1/s1. The average molecular weight is 444 g/mol. The van der Waals surface area contributed by atoms with Crippen LogP contribution in [-0.4, -0.2) is 35.4 Å². The Morgan fingerprint density at radius 1 is 1.31 bits per heavy atom. The van der Waals surface area contributed by atoms with Gasteiger partial charge in [0.05, 0.1) is 23.6 Å². The fourth-order valence-corrected chi connectivity index (χ4v) is 5.50. The Kier molecular flexibility index (Phi) is 4.72. The number of carbonyl (C=O) groups is 1. The fourth-order valence-electron chi connectivity index (χ4n) is 4.44. The molecule has 160 valence electrons. The van der Waals surface area contributed by atoms with Crippen molar-refractivity contribution in [2.45, 2.75) is 24.8 Å². The number of ether oxygens (including phenoxy) is 1. The molecule has 2 atom stereocenters. The SMILES string of the molecule is CN1C(=N)N[C@](C)(c2cc(-c3cncc(C#N)c3)cs2)C(c2ccc3c(c2)CCO3)C1=O. The summed E-state index contributed by atoms with van der Waals surface area (Å²) >= 11 is 1.53. The van der Waals surface area contributed by atoms with Crippen molar-refractivity contribution in [2.24, 2.45) is 0 Å². The van der Waals surface area contributed by atoms with E-state index in [2.05, 4.69) is 22.4 Å². The van der Waals surface area contributed by atoms with Gasteiger partial charge in [0.25, 0.3) is 0 Å². The molecular weight excluding hydrogens is 422 g/mol. The van der Waals surface area contributed by atoms with E-state index in [1.54, 1.807) is 19.3 Å². The highest BCUT2D eigenvalue weighted by atomic mass is 32.1. The molecule has 8 heteroatoms. The zero-order valence-electron chi connectivity index (χ0n) is 17.7.